The molecule has 1 atom stereocenters. The number of hydrogen-bond acceptors (Lipinski definition) is 3. The van der Waals surface area contributed by atoms with E-state index in [1.165, 1.54) is 7.11 Å². The van der Waals surface area contributed by atoms with Gasteiger partial charge < -0.3 is 15.2 Å². The summed E-state index contributed by atoms with van der Waals surface area (Å²) in [5.41, 5.74) is 4.38. The van der Waals surface area contributed by atoms with E-state index in [1.807, 2.05) is 6.92 Å². The molecule has 1 fully saturated rings. The fourth-order valence-electron chi connectivity index (χ4n) is 1.95. The zero-order valence-electron chi connectivity index (χ0n) is 9.80. The Hall–Kier alpha value is -1.36. The van der Waals surface area contributed by atoms with Gasteiger partial charge in [0.1, 0.15) is 5.54 Å². The van der Waals surface area contributed by atoms with E-state index in [1.54, 1.807) is 18.2 Å². The molecule has 0 bridgehead atoms. The van der Waals surface area contributed by atoms with Crippen molar-refractivity contribution in [3.63, 3.8) is 0 Å². The minimum atomic E-state index is -2.87. The first-order valence-corrected chi connectivity index (χ1v) is 5.43. The molecular weight excluding hydrogens is 228 g/mol. The molecule has 0 saturated heterocycles. The highest BCUT2D eigenvalue weighted by Crippen LogP contribution is 2.60. The number of halogens is 2. The molecule has 1 aromatic rings. The highest BCUT2D eigenvalue weighted by atomic mass is 19.3. The molecule has 0 aromatic heterocycles. The molecule has 0 amide bonds. The molecule has 1 aliphatic rings. The van der Waals surface area contributed by atoms with Crippen molar-refractivity contribution in [2.75, 3.05) is 13.7 Å². The van der Waals surface area contributed by atoms with Crippen molar-refractivity contribution in [1.29, 1.82) is 0 Å². The van der Waals surface area contributed by atoms with Gasteiger partial charge in [0.25, 0.3) is 5.92 Å². The van der Waals surface area contributed by atoms with Crippen LogP contribution in [0.4, 0.5) is 8.78 Å². The Morgan fingerprint density at radius 2 is 2.06 bits per heavy atom. The Balaban J connectivity index is 2.45. The van der Waals surface area contributed by atoms with Gasteiger partial charge in [0.15, 0.2) is 11.5 Å². The number of nitrogens with two attached hydrogens (primary N) is 1. The van der Waals surface area contributed by atoms with E-state index in [0.29, 0.717) is 23.7 Å². The van der Waals surface area contributed by atoms with Crippen molar-refractivity contribution in [3.8, 4) is 11.5 Å². The molecular formula is C12H15F2NO2. The van der Waals surface area contributed by atoms with Crippen LogP contribution in [0.1, 0.15) is 18.9 Å². The van der Waals surface area contributed by atoms with Crippen LogP contribution in [0.2, 0.25) is 0 Å². The molecule has 0 aliphatic heterocycles. The Morgan fingerprint density at radius 1 is 1.41 bits per heavy atom. The number of hydrogen-bond donors (Lipinski definition) is 1. The molecule has 1 aliphatic carbocycles. The third-order valence-corrected chi connectivity index (χ3v) is 2.99. The first kappa shape index (κ1) is 12.1. The number of benzene rings is 1. The molecule has 1 unspecified atom stereocenters. The van der Waals surface area contributed by atoms with Gasteiger partial charge in [-0.25, -0.2) is 8.78 Å². The van der Waals surface area contributed by atoms with E-state index >= 15 is 0 Å². The first-order chi connectivity index (χ1) is 7.96. The fraction of sp³-hybridized carbons (Fsp3) is 0.500. The summed E-state index contributed by atoms with van der Waals surface area (Å²) in [6, 6.07) is 4.88. The summed E-state index contributed by atoms with van der Waals surface area (Å²) in [6.07, 6.45) is -0.355. The second-order valence-corrected chi connectivity index (χ2v) is 4.12. The monoisotopic (exact) mass is 243 g/mol. The molecule has 3 nitrogen and oxygen atoms in total. The lowest BCUT2D eigenvalue weighted by atomic mass is 10.0. The molecule has 0 radical (unpaired) electrons. The lowest BCUT2D eigenvalue weighted by molar-refractivity contribution is 0.0883. The van der Waals surface area contributed by atoms with E-state index < -0.39 is 11.5 Å². The summed E-state index contributed by atoms with van der Waals surface area (Å²) < 4.78 is 37.0. The fourth-order valence-corrected chi connectivity index (χ4v) is 1.95. The van der Waals surface area contributed by atoms with Crippen LogP contribution >= 0.6 is 0 Å². The van der Waals surface area contributed by atoms with Gasteiger partial charge in [-0.1, -0.05) is 12.1 Å². The summed E-state index contributed by atoms with van der Waals surface area (Å²) >= 11 is 0. The predicted octanol–water partition coefficient (Wildman–Crippen LogP) is 2.29. The molecule has 0 heterocycles. The third kappa shape index (κ3) is 1.74. The largest absolute Gasteiger partial charge is 0.492 e. The lowest BCUT2D eigenvalue weighted by Gasteiger charge is -2.18. The van der Waals surface area contributed by atoms with E-state index in [4.69, 9.17) is 15.2 Å². The maximum absolute atomic E-state index is 13.3. The Morgan fingerprint density at radius 3 is 2.53 bits per heavy atom. The first-order valence-electron chi connectivity index (χ1n) is 5.43. The normalized spacial score (nSPS) is 25.5. The molecule has 5 heteroatoms. The average molecular weight is 243 g/mol. The lowest BCUT2D eigenvalue weighted by Crippen LogP contribution is -2.27. The van der Waals surface area contributed by atoms with Gasteiger partial charge in [-0.3, -0.25) is 0 Å². The summed E-state index contributed by atoms with van der Waals surface area (Å²) in [5, 5.41) is 0. The maximum Gasteiger partial charge on any atom is 0.272 e. The highest BCUT2D eigenvalue weighted by Gasteiger charge is 2.71. The smallest absolute Gasteiger partial charge is 0.272 e. The Kier molecular flexibility index (Phi) is 2.73. The SMILES string of the molecule is CCOc1cccc(C2(N)CC2(F)F)c1OC. The second kappa shape index (κ2) is 3.84. The van der Waals surface area contributed by atoms with Crippen molar-refractivity contribution in [1.82, 2.24) is 0 Å². The molecule has 94 valence electrons. The predicted molar refractivity (Wildman–Crippen MR) is 59.6 cm³/mol. The van der Waals surface area contributed by atoms with E-state index in [9.17, 15) is 8.78 Å². The van der Waals surface area contributed by atoms with Gasteiger partial charge in [0.05, 0.1) is 13.7 Å². The average Bonchev–Trinajstić information content (AvgIpc) is 2.79. The Bertz CT molecular complexity index is 437. The van der Waals surface area contributed by atoms with Crippen molar-refractivity contribution in [3.05, 3.63) is 23.8 Å². The van der Waals surface area contributed by atoms with Crippen molar-refractivity contribution >= 4 is 0 Å². The quantitative estimate of drug-likeness (QED) is 0.882. The van der Waals surface area contributed by atoms with Crippen LogP contribution in [-0.4, -0.2) is 19.6 Å². The summed E-state index contributed by atoms with van der Waals surface area (Å²) in [4.78, 5) is 0. The minimum Gasteiger partial charge on any atom is -0.492 e. The van der Waals surface area contributed by atoms with Crippen LogP contribution in [0, 0.1) is 0 Å². The number of alkyl halides is 2. The van der Waals surface area contributed by atoms with Crippen LogP contribution in [0.5, 0.6) is 11.5 Å². The van der Waals surface area contributed by atoms with E-state index in [2.05, 4.69) is 0 Å². The van der Waals surface area contributed by atoms with Crippen molar-refractivity contribution < 1.29 is 18.3 Å². The van der Waals surface area contributed by atoms with Crippen molar-refractivity contribution in [2.24, 2.45) is 5.73 Å². The molecule has 2 rings (SSSR count). The number of methoxy groups -OCH3 is 1. The van der Waals surface area contributed by atoms with Gasteiger partial charge >= 0.3 is 0 Å². The van der Waals surface area contributed by atoms with Gasteiger partial charge in [0.2, 0.25) is 0 Å². The molecule has 17 heavy (non-hydrogen) atoms. The van der Waals surface area contributed by atoms with E-state index in [0.717, 1.165) is 0 Å². The van der Waals surface area contributed by atoms with Crippen LogP contribution in [0.15, 0.2) is 18.2 Å². The van der Waals surface area contributed by atoms with Crippen molar-refractivity contribution in [2.45, 2.75) is 24.8 Å². The van der Waals surface area contributed by atoms with Crippen LogP contribution < -0.4 is 15.2 Å². The summed E-state index contributed by atoms with van der Waals surface area (Å²) in [6.45, 7) is 2.25. The topological polar surface area (TPSA) is 44.5 Å². The standard InChI is InChI=1S/C12H15F2NO2/c1-3-17-9-6-4-5-8(10(9)16-2)11(15)7-12(11,13)14/h4-6H,3,7,15H2,1-2H3. The third-order valence-electron chi connectivity index (χ3n) is 2.99. The zero-order chi connectivity index (χ0) is 12.7. The molecule has 1 saturated carbocycles. The summed E-state index contributed by atoms with van der Waals surface area (Å²) in [7, 11) is 1.42. The number of rotatable bonds is 4. The van der Waals surface area contributed by atoms with E-state index in [-0.39, 0.29) is 6.42 Å². The number of ether oxygens (including phenoxy) is 2. The van der Waals surface area contributed by atoms with Gasteiger partial charge in [0, 0.05) is 12.0 Å². The van der Waals surface area contributed by atoms with Crippen LogP contribution in [0.25, 0.3) is 0 Å². The van der Waals surface area contributed by atoms with Crippen LogP contribution in [0.3, 0.4) is 0 Å². The summed E-state index contributed by atoms with van der Waals surface area (Å²) in [5.74, 6) is -2.13. The van der Waals surface area contributed by atoms with Crippen LogP contribution in [-0.2, 0) is 5.54 Å². The highest BCUT2D eigenvalue weighted by molar-refractivity contribution is 5.53. The molecule has 0 spiro atoms. The molecule has 2 N–H and O–H groups in total. The van der Waals surface area contributed by atoms with Gasteiger partial charge in [-0.05, 0) is 13.0 Å². The maximum atomic E-state index is 13.3. The van der Waals surface area contributed by atoms with Gasteiger partial charge in [-0.15, -0.1) is 0 Å². The molecule has 1 aromatic carbocycles. The zero-order valence-corrected chi connectivity index (χ0v) is 9.80. The minimum absolute atomic E-state index is 0.300. The second-order valence-electron chi connectivity index (χ2n) is 4.12. The van der Waals surface area contributed by atoms with Gasteiger partial charge in [-0.2, -0.15) is 0 Å². The Labute approximate surface area is 98.5 Å². The number of para-hydroxylation sites is 1.